The Morgan fingerprint density at radius 2 is 1.89 bits per heavy atom. The summed E-state index contributed by atoms with van der Waals surface area (Å²) in [6, 6.07) is 0.340. The summed E-state index contributed by atoms with van der Waals surface area (Å²) in [5.74, 6) is 1.62. The van der Waals surface area contributed by atoms with Gasteiger partial charge in [-0.05, 0) is 50.9 Å². The molecule has 1 fully saturated rings. The van der Waals surface area contributed by atoms with Crippen LogP contribution in [0.2, 0.25) is 0 Å². The van der Waals surface area contributed by atoms with Crippen molar-refractivity contribution in [2.45, 2.75) is 77.8 Å². The van der Waals surface area contributed by atoms with Crippen molar-refractivity contribution < 1.29 is 4.79 Å². The first-order valence-corrected chi connectivity index (χ1v) is 7.46. The van der Waals surface area contributed by atoms with Crippen molar-refractivity contribution in [1.29, 1.82) is 0 Å². The van der Waals surface area contributed by atoms with Crippen LogP contribution in [-0.2, 0) is 4.79 Å². The van der Waals surface area contributed by atoms with E-state index < -0.39 is 5.54 Å². The Bertz CT molecular complexity index is 266. The van der Waals surface area contributed by atoms with Gasteiger partial charge in [0.1, 0.15) is 0 Å². The van der Waals surface area contributed by atoms with Crippen LogP contribution in [0, 0.1) is 11.8 Å². The molecule has 3 heteroatoms. The van der Waals surface area contributed by atoms with Crippen LogP contribution in [0.3, 0.4) is 0 Å². The number of carbonyl (C=O) groups is 1. The SMILES string of the molecule is CCCC(C)(N)C(=O)NC1CCC(C(C)C)CC1. The first-order chi connectivity index (χ1) is 8.36. The second kappa shape index (κ2) is 6.55. The molecule has 1 unspecified atom stereocenters. The van der Waals surface area contributed by atoms with Gasteiger partial charge in [0, 0.05) is 6.04 Å². The largest absolute Gasteiger partial charge is 0.352 e. The van der Waals surface area contributed by atoms with Crippen molar-refractivity contribution in [3.8, 4) is 0 Å². The Labute approximate surface area is 112 Å². The average molecular weight is 254 g/mol. The second-order valence-corrected chi connectivity index (χ2v) is 6.50. The third-order valence-corrected chi connectivity index (χ3v) is 4.34. The molecular weight excluding hydrogens is 224 g/mol. The number of amides is 1. The molecule has 1 amide bonds. The molecule has 18 heavy (non-hydrogen) atoms. The maximum absolute atomic E-state index is 12.1. The van der Waals surface area contributed by atoms with Crippen LogP contribution in [-0.4, -0.2) is 17.5 Å². The standard InChI is InChI=1S/C15H30N2O/c1-5-10-15(4,16)14(18)17-13-8-6-12(7-9-13)11(2)3/h11-13H,5-10,16H2,1-4H3,(H,17,18). The Hall–Kier alpha value is -0.570. The van der Waals surface area contributed by atoms with Gasteiger partial charge in [0.25, 0.3) is 0 Å². The van der Waals surface area contributed by atoms with Crippen molar-refractivity contribution >= 4 is 5.91 Å². The molecule has 0 aromatic rings. The highest BCUT2D eigenvalue weighted by atomic mass is 16.2. The van der Waals surface area contributed by atoms with Gasteiger partial charge < -0.3 is 11.1 Å². The Morgan fingerprint density at radius 1 is 1.33 bits per heavy atom. The number of rotatable bonds is 5. The predicted octanol–water partition coefficient (Wildman–Crippen LogP) is 2.83. The fraction of sp³-hybridized carbons (Fsp3) is 0.933. The normalized spacial score (nSPS) is 27.9. The highest BCUT2D eigenvalue weighted by molar-refractivity contribution is 5.85. The van der Waals surface area contributed by atoms with Gasteiger partial charge in [-0.3, -0.25) is 4.79 Å². The first kappa shape index (κ1) is 15.5. The monoisotopic (exact) mass is 254 g/mol. The van der Waals surface area contributed by atoms with Crippen LogP contribution in [0.25, 0.3) is 0 Å². The highest BCUT2D eigenvalue weighted by Gasteiger charge is 2.30. The molecule has 1 aliphatic carbocycles. The predicted molar refractivity (Wildman–Crippen MR) is 76.2 cm³/mol. The lowest BCUT2D eigenvalue weighted by Gasteiger charge is -2.33. The van der Waals surface area contributed by atoms with E-state index in [1.807, 2.05) is 6.92 Å². The van der Waals surface area contributed by atoms with E-state index >= 15 is 0 Å². The topological polar surface area (TPSA) is 55.1 Å². The molecule has 0 saturated heterocycles. The van der Waals surface area contributed by atoms with Crippen LogP contribution in [0.15, 0.2) is 0 Å². The Balaban J connectivity index is 2.39. The summed E-state index contributed by atoms with van der Waals surface area (Å²) < 4.78 is 0. The minimum Gasteiger partial charge on any atom is -0.352 e. The lowest BCUT2D eigenvalue weighted by molar-refractivity contribution is -0.127. The van der Waals surface area contributed by atoms with Crippen molar-refractivity contribution in [1.82, 2.24) is 5.32 Å². The molecule has 106 valence electrons. The van der Waals surface area contributed by atoms with E-state index in [2.05, 4.69) is 26.1 Å². The summed E-state index contributed by atoms with van der Waals surface area (Å²) in [6.07, 6.45) is 6.38. The molecule has 0 aromatic carbocycles. The summed E-state index contributed by atoms with van der Waals surface area (Å²) in [4.78, 5) is 12.1. The average Bonchev–Trinajstić information content (AvgIpc) is 2.29. The fourth-order valence-corrected chi connectivity index (χ4v) is 2.91. The van der Waals surface area contributed by atoms with E-state index in [1.165, 1.54) is 12.8 Å². The third-order valence-electron chi connectivity index (χ3n) is 4.34. The molecule has 3 N–H and O–H groups in total. The van der Waals surface area contributed by atoms with Crippen molar-refractivity contribution in [2.75, 3.05) is 0 Å². The summed E-state index contributed by atoms with van der Waals surface area (Å²) in [7, 11) is 0. The van der Waals surface area contributed by atoms with Crippen LogP contribution >= 0.6 is 0 Å². The smallest absolute Gasteiger partial charge is 0.240 e. The zero-order valence-corrected chi connectivity index (χ0v) is 12.5. The number of hydrogen-bond donors (Lipinski definition) is 2. The van der Waals surface area contributed by atoms with Gasteiger partial charge in [-0.1, -0.05) is 27.2 Å². The van der Waals surface area contributed by atoms with E-state index in [0.717, 1.165) is 37.5 Å². The zero-order valence-electron chi connectivity index (χ0n) is 12.5. The minimum atomic E-state index is -0.705. The van der Waals surface area contributed by atoms with E-state index in [9.17, 15) is 4.79 Å². The number of nitrogens with one attached hydrogen (secondary N) is 1. The molecule has 0 heterocycles. The van der Waals surface area contributed by atoms with E-state index in [1.54, 1.807) is 0 Å². The van der Waals surface area contributed by atoms with E-state index in [0.29, 0.717) is 6.04 Å². The van der Waals surface area contributed by atoms with Gasteiger partial charge in [0.2, 0.25) is 5.91 Å². The molecule has 0 spiro atoms. The molecule has 3 nitrogen and oxygen atoms in total. The fourth-order valence-electron chi connectivity index (χ4n) is 2.91. The summed E-state index contributed by atoms with van der Waals surface area (Å²) in [5.41, 5.74) is 5.35. The molecule has 0 radical (unpaired) electrons. The molecule has 0 bridgehead atoms. The highest BCUT2D eigenvalue weighted by Crippen LogP contribution is 2.30. The van der Waals surface area contributed by atoms with E-state index in [-0.39, 0.29) is 5.91 Å². The number of nitrogens with two attached hydrogens (primary N) is 1. The van der Waals surface area contributed by atoms with Crippen LogP contribution in [0.5, 0.6) is 0 Å². The molecule has 0 aromatic heterocycles. The lowest BCUT2D eigenvalue weighted by atomic mass is 9.79. The van der Waals surface area contributed by atoms with Gasteiger partial charge in [0.15, 0.2) is 0 Å². The Morgan fingerprint density at radius 3 is 2.33 bits per heavy atom. The quantitative estimate of drug-likeness (QED) is 0.792. The summed E-state index contributed by atoms with van der Waals surface area (Å²) in [5, 5.41) is 3.14. The summed E-state index contributed by atoms with van der Waals surface area (Å²) >= 11 is 0. The molecular formula is C15H30N2O. The van der Waals surface area contributed by atoms with Gasteiger partial charge in [0.05, 0.1) is 5.54 Å². The van der Waals surface area contributed by atoms with Crippen LogP contribution in [0.4, 0.5) is 0 Å². The van der Waals surface area contributed by atoms with Crippen LogP contribution < -0.4 is 11.1 Å². The maximum Gasteiger partial charge on any atom is 0.240 e. The molecule has 1 atom stereocenters. The minimum absolute atomic E-state index is 0.0253. The third kappa shape index (κ3) is 4.27. The molecule has 1 aliphatic rings. The van der Waals surface area contributed by atoms with Crippen molar-refractivity contribution in [3.63, 3.8) is 0 Å². The zero-order chi connectivity index (χ0) is 13.8. The Kier molecular flexibility index (Phi) is 5.64. The second-order valence-electron chi connectivity index (χ2n) is 6.50. The number of hydrogen-bond acceptors (Lipinski definition) is 2. The first-order valence-electron chi connectivity index (χ1n) is 7.46. The van der Waals surface area contributed by atoms with Gasteiger partial charge in [-0.2, -0.15) is 0 Å². The molecule has 0 aliphatic heterocycles. The van der Waals surface area contributed by atoms with Gasteiger partial charge in [-0.25, -0.2) is 0 Å². The van der Waals surface area contributed by atoms with Crippen molar-refractivity contribution in [3.05, 3.63) is 0 Å². The molecule has 1 rings (SSSR count). The van der Waals surface area contributed by atoms with Gasteiger partial charge in [-0.15, -0.1) is 0 Å². The lowest BCUT2D eigenvalue weighted by Crippen LogP contribution is -2.54. The van der Waals surface area contributed by atoms with Gasteiger partial charge >= 0.3 is 0 Å². The molecule has 1 saturated carbocycles. The van der Waals surface area contributed by atoms with E-state index in [4.69, 9.17) is 5.73 Å². The summed E-state index contributed by atoms with van der Waals surface area (Å²) in [6.45, 7) is 8.49. The van der Waals surface area contributed by atoms with Crippen molar-refractivity contribution in [2.24, 2.45) is 17.6 Å². The maximum atomic E-state index is 12.1. The van der Waals surface area contributed by atoms with Crippen LogP contribution in [0.1, 0.15) is 66.2 Å². The number of carbonyl (C=O) groups excluding carboxylic acids is 1.